The second kappa shape index (κ2) is 4.87. The first-order valence-electron chi connectivity index (χ1n) is 6.70. The largest absolute Gasteiger partial charge is 0.329 e. The number of pyridine rings is 1. The number of aromatic nitrogens is 3. The van der Waals surface area contributed by atoms with Crippen LogP contribution in [0.3, 0.4) is 0 Å². The maximum atomic E-state index is 5.48. The van der Waals surface area contributed by atoms with Crippen molar-refractivity contribution in [1.82, 2.24) is 14.5 Å². The van der Waals surface area contributed by atoms with Gasteiger partial charge < -0.3 is 4.98 Å². The van der Waals surface area contributed by atoms with Crippen LogP contribution in [0.25, 0.3) is 11.2 Å². The fourth-order valence-electron chi connectivity index (χ4n) is 2.50. The summed E-state index contributed by atoms with van der Waals surface area (Å²) in [6.07, 6.45) is 1.83. The van der Waals surface area contributed by atoms with Gasteiger partial charge in [-0.25, -0.2) is 4.98 Å². The van der Waals surface area contributed by atoms with Crippen LogP contribution in [0.15, 0.2) is 36.5 Å². The highest BCUT2D eigenvalue weighted by atomic mass is 32.1. The van der Waals surface area contributed by atoms with Crippen molar-refractivity contribution in [2.75, 3.05) is 0 Å². The van der Waals surface area contributed by atoms with E-state index < -0.39 is 0 Å². The lowest BCUT2D eigenvalue weighted by molar-refractivity contribution is 0.644. The van der Waals surface area contributed by atoms with Gasteiger partial charge in [0.25, 0.3) is 0 Å². The number of benzene rings is 1. The van der Waals surface area contributed by atoms with Crippen molar-refractivity contribution in [3.8, 4) is 0 Å². The van der Waals surface area contributed by atoms with Gasteiger partial charge in [0.15, 0.2) is 10.4 Å². The monoisotopic (exact) mass is 283 g/mol. The Morgan fingerprint density at radius 1 is 1.15 bits per heavy atom. The maximum Gasteiger partial charge on any atom is 0.179 e. The molecule has 1 atom stereocenters. The molecule has 0 amide bonds. The van der Waals surface area contributed by atoms with Gasteiger partial charge in [0, 0.05) is 6.20 Å². The Hall–Kier alpha value is -1.94. The summed E-state index contributed by atoms with van der Waals surface area (Å²) in [4.78, 5) is 7.76. The van der Waals surface area contributed by atoms with Gasteiger partial charge in [-0.05, 0) is 50.2 Å². The molecule has 1 aromatic carbocycles. The Morgan fingerprint density at radius 2 is 1.85 bits per heavy atom. The van der Waals surface area contributed by atoms with Crippen LogP contribution in [0.1, 0.15) is 29.7 Å². The lowest BCUT2D eigenvalue weighted by Gasteiger charge is -2.14. The lowest BCUT2D eigenvalue weighted by atomic mass is 10.1. The molecular weight excluding hydrogens is 266 g/mol. The van der Waals surface area contributed by atoms with E-state index in [-0.39, 0.29) is 6.04 Å². The SMILES string of the molecule is Cc1ccc(C(C)n2c(=S)[nH]c3c(C)ccnc32)cc1. The molecule has 0 saturated carbocycles. The fourth-order valence-corrected chi connectivity index (χ4v) is 2.84. The van der Waals surface area contributed by atoms with E-state index in [1.807, 2.05) is 12.3 Å². The second-order valence-electron chi connectivity index (χ2n) is 5.21. The molecule has 3 nitrogen and oxygen atoms in total. The van der Waals surface area contributed by atoms with Crippen LogP contribution >= 0.6 is 12.2 Å². The van der Waals surface area contributed by atoms with E-state index in [4.69, 9.17) is 12.2 Å². The molecular formula is C16H17N3S. The van der Waals surface area contributed by atoms with Crippen LogP contribution in [-0.2, 0) is 0 Å². The summed E-state index contributed by atoms with van der Waals surface area (Å²) in [5, 5.41) is 0. The zero-order valence-electron chi connectivity index (χ0n) is 11.8. The van der Waals surface area contributed by atoms with Crippen molar-refractivity contribution >= 4 is 23.4 Å². The molecule has 0 fully saturated rings. The number of hydrogen-bond acceptors (Lipinski definition) is 2. The number of aryl methyl sites for hydroxylation is 2. The number of nitrogens with one attached hydrogen (secondary N) is 1. The third-order valence-electron chi connectivity index (χ3n) is 3.77. The van der Waals surface area contributed by atoms with Gasteiger partial charge in [-0.2, -0.15) is 0 Å². The van der Waals surface area contributed by atoms with Gasteiger partial charge in [-0.3, -0.25) is 4.57 Å². The number of hydrogen-bond donors (Lipinski definition) is 1. The summed E-state index contributed by atoms with van der Waals surface area (Å²) in [5.74, 6) is 0. The molecule has 1 unspecified atom stereocenters. The molecule has 102 valence electrons. The van der Waals surface area contributed by atoms with Gasteiger partial charge in [0.2, 0.25) is 0 Å². The third-order valence-corrected chi connectivity index (χ3v) is 4.06. The van der Waals surface area contributed by atoms with Crippen LogP contribution in [0, 0.1) is 18.6 Å². The molecule has 2 aromatic heterocycles. The van der Waals surface area contributed by atoms with Crippen LogP contribution in [0.2, 0.25) is 0 Å². The van der Waals surface area contributed by atoms with Crippen LogP contribution < -0.4 is 0 Å². The minimum atomic E-state index is 0.158. The van der Waals surface area contributed by atoms with E-state index >= 15 is 0 Å². The molecule has 0 bridgehead atoms. The predicted octanol–water partition coefficient (Wildman–Crippen LogP) is 4.32. The van der Waals surface area contributed by atoms with Crippen LogP contribution in [0.4, 0.5) is 0 Å². The van der Waals surface area contributed by atoms with Crippen molar-refractivity contribution in [2.45, 2.75) is 26.8 Å². The molecule has 3 rings (SSSR count). The molecule has 4 heteroatoms. The normalized spacial score (nSPS) is 12.8. The lowest BCUT2D eigenvalue weighted by Crippen LogP contribution is -2.07. The summed E-state index contributed by atoms with van der Waals surface area (Å²) in [7, 11) is 0. The molecule has 20 heavy (non-hydrogen) atoms. The van der Waals surface area contributed by atoms with E-state index in [0.717, 1.165) is 21.5 Å². The highest BCUT2D eigenvalue weighted by Crippen LogP contribution is 2.24. The molecule has 1 N–H and O–H groups in total. The molecule has 0 spiro atoms. The Morgan fingerprint density at radius 3 is 2.55 bits per heavy atom. The summed E-state index contributed by atoms with van der Waals surface area (Å²) < 4.78 is 2.80. The summed E-state index contributed by atoms with van der Waals surface area (Å²) in [6, 6.07) is 10.7. The standard InChI is InChI=1S/C16H17N3S/c1-10-4-6-13(7-5-10)12(3)19-15-14(18-16(19)20)11(2)8-9-17-15/h4-9,12H,1-3H3,(H,18,20). The highest BCUT2D eigenvalue weighted by molar-refractivity contribution is 7.71. The first kappa shape index (κ1) is 13.1. The number of H-pyrrole nitrogens is 1. The third kappa shape index (κ3) is 2.06. The second-order valence-corrected chi connectivity index (χ2v) is 5.60. The first-order chi connectivity index (χ1) is 9.58. The minimum absolute atomic E-state index is 0.158. The molecule has 0 aliphatic heterocycles. The predicted molar refractivity (Wildman–Crippen MR) is 84.6 cm³/mol. The van der Waals surface area contributed by atoms with Crippen molar-refractivity contribution < 1.29 is 0 Å². The average molecular weight is 283 g/mol. The van der Waals surface area contributed by atoms with Crippen molar-refractivity contribution in [3.05, 3.63) is 58.0 Å². The number of rotatable bonds is 2. The molecule has 3 aromatic rings. The Kier molecular flexibility index (Phi) is 3.18. The quantitative estimate of drug-likeness (QED) is 0.711. The van der Waals surface area contributed by atoms with E-state index in [1.165, 1.54) is 11.1 Å². The van der Waals surface area contributed by atoms with Gasteiger partial charge in [0.1, 0.15) is 0 Å². The van der Waals surface area contributed by atoms with E-state index in [1.54, 1.807) is 0 Å². The Balaban J connectivity index is 2.19. The number of imidazole rings is 1. The number of fused-ring (bicyclic) bond motifs is 1. The fraction of sp³-hybridized carbons (Fsp3) is 0.250. The van der Waals surface area contributed by atoms with E-state index in [2.05, 4.69) is 59.6 Å². The van der Waals surface area contributed by atoms with Gasteiger partial charge in [-0.15, -0.1) is 0 Å². The minimum Gasteiger partial charge on any atom is -0.329 e. The average Bonchev–Trinajstić information content (AvgIpc) is 2.77. The van der Waals surface area contributed by atoms with Crippen molar-refractivity contribution in [2.24, 2.45) is 0 Å². The van der Waals surface area contributed by atoms with Gasteiger partial charge in [-0.1, -0.05) is 29.8 Å². The molecule has 2 heterocycles. The maximum absolute atomic E-state index is 5.48. The molecule has 0 saturated heterocycles. The summed E-state index contributed by atoms with van der Waals surface area (Å²) in [6.45, 7) is 6.31. The smallest absolute Gasteiger partial charge is 0.179 e. The van der Waals surface area contributed by atoms with E-state index in [9.17, 15) is 0 Å². The first-order valence-corrected chi connectivity index (χ1v) is 7.11. The molecule has 0 aliphatic rings. The topological polar surface area (TPSA) is 33.6 Å². The van der Waals surface area contributed by atoms with Crippen LogP contribution in [0.5, 0.6) is 0 Å². The number of aromatic amines is 1. The molecule has 0 aliphatic carbocycles. The van der Waals surface area contributed by atoms with Gasteiger partial charge in [0.05, 0.1) is 11.6 Å². The number of nitrogens with zero attached hydrogens (tertiary/aromatic N) is 2. The van der Waals surface area contributed by atoms with Gasteiger partial charge >= 0.3 is 0 Å². The van der Waals surface area contributed by atoms with Crippen LogP contribution in [-0.4, -0.2) is 14.5 Å². The summed E-state index contributed by atoms with van der Waals surface area (Å²) in [5.41, 5.74) is 5.60. The Labute approximate surface area is 123 Å². The highest BCUT2D eigenvalue weighted by Gasteiger charge is 2.14. The van der Waals surface area contributed by atoms with Crippen molar-refractivity contribution in [3.63, 3.8) is 0 Å². The summed E-state index contributed by atoms with van der Waals surface area (Å²) >= 11 is 5.48. The Bertz CT molecular complexity index is 812. The van der Waals surface area contributed by atoms with E-state index in [0.29, 0.717) is 0 Å². The zero-order chi connectivity index (χ0) is 14.3. The molecule has 0 radical (unpaired) electrons. The zero-order valence-corrected chi connectivity index (χ0v) is 12.7. The van der Waals surface area contributed by atoms with Crippen molar-refractivity contribution in [1.29, 1.82) is 0 Å².